The van der Waals surface area contributed by atoms with Gasteiger partial charge in [0, 0.05) is 0 Å². The number of nitrogens with two attached hydrogens (primary N) is 1. The number of aromatic nitrogens is 1. The molecule has 0 unspecified atom stereocenters. The second kappa shape index (κ2) is 4.79. The molecular weight excluding hydrogens is 255 g/mol. The highest BCUT2D eigenvalue weighted by Crippen LogP contribution is 2.31. The first kappa shape index (κ1) is 13.6. The van der Waals surface area contributed by atoms with Crippen molar-refractivity contribution in [2.24, 2.45) is 0 Å². The van der Waals surface area contributed by atoms with Gasteiger partial charge in [-0.25, -0.2) is 0 Å². The fraction of sp³-hybridized carbons (Fsp3) is 0.222. The van der Waals surface area contributed by atoms with E-state index in [9.17, 15) is 18.0 Å². The maximum Gasteiger partial charge on any atom is 0.573 e. The lowest BCUT2D eigenvalue weighted by atomic mass is 10.1. The predicted octanol–water partition coefficient (Wildman–Crippen LogP) is 1.06. The van der Waals surface area contributed by atoms with Crippen molar-refractivity contribution in [3.05, 3.63) is 17.5 Å². The molecule has 0 radical (unpaired) electrons. The Kier molecular flexibility index (Phi) is 3.61. The number of nitrogen functional groups attached to an aromatic ring is 1. The van der Waals surface area contributed by atoms with Gasteiger partial charge in [0.2, 0.25) is 0 Å². The Bertz CT molecular complexity index is 522. The van der Waals surface area contributed by atoms with Crippen molar-refractivity contribution in [2.75, 3.05) is 5.73 Å². The average molecular weight is 261 g/mol. The number of nitrogens with zero attached hydrogens (tertiary/aromatic N) is 2. The van der Waals surface area contributed by atoms with Crippen molar-refractivity contribution >= 4 is 11.7 Å². The van der Waals surface area contributed by atoms with Crippen LogP contribution in [0.25, 0.3) is 0 Å². The highest BCUT2D eigenvalue weighted by atomic mass is 19.4. The molecule has 1 rings (SSSR count). The lowest BCUT2D eigenvalue weighted by molar-refractivity contribution is -0.274. The molecule has 0 amide bonds. The lowest BCUT2D eigenvalue weighted by Gasteiger charge is -2.12. The van der Waals surface area contributed by atoms with E-state index in [1.165, 1.54) is 6.07 Å². The number of pyridine rings is 1. The molecule has 6 nitrogen and oxygen atoms in total. The topological polar surface area (TPSA) is 109 Å². The highest BCUT2D eigenvalue weighted by molar-refractivity contribution is 5.73. The van der Waals surface area contributed by atoms with Crippen LogP contribution in [-0.4, -0.2) is 22.4 Å². The van der Waals surface area contributed by atoms with E-state index in [0.717, 1.165) is 0 Å². The number of rotatable bonds is 3. The summed E-state index contributed by atoms with van der Waals surface area (Å²) in [6.45, 7) is 0. The van der Waals surface area contributed by atoms with Gasteiger partial charge in [-0.05, 0) is 0 Å². The summed E-state index contributed by atoms with van der Waals surface area (Å²) in [5, 5.41) is 17.3. The minimum Gasteiger partial charge on any atom is -0.481 e. The molecule has 3 N–H and O–H groups in total. The molecule has 0 saturated carbocycles. The van der Waals surface area contributed by atoms with Crippen molar-refractivity contribution < 1.29 is 27.8 Å². The molecule has 0 bridgehead atoms. The monoisotopic (exact) mass is 261 g/mol. The predicted molar refractivity (Wildman–Crippen MR) is 51.4 cm³/mol. The van der Waals surface area contributed by atoms with E-state index < -0.39 is 35.8 Å². The molecule has 0 aliphatic heterocycles. The summed E-state index contributed by atoms with van der Waals surface area (Å²) in [5.41, 5.74) is 4.03. The van der Waals surface area contributed by atoms with Crippen LogP contribution in [-0.2, 0) is 11.2 Å². The normalized spacial score (nSPS) is 10.8. The van der Waals surface area contributed by atoms with Crippen LogP contribution in [0.5, 0.6) is 5.75 Å². The molecule has 1 aromatic heterocycles. The van der Waals surface area contributed by atoms with Crippen LogP contribution >= 0.6 is 0 Å². The van der Waals surface area contributed by atoms with E-state index >= 15 is 0 Å². The summed E-state index contributed by atoms with van der Waals surface area (Å²) >= 11 is 0. The van der Waals surface area contributed by atoms with E-state index in [4.69, 9.17) is 16.1 Å². The molecule has 0 atom stereocenters. The summed E-state index contributed by atoms with van der Waals surface area (Å²) in [6, 6.07) is 1.50. The molecule has 0 fully saturated rings. The van der Waals surface area contributed by atoms with Gasteiger partial charge < -0.3 is 15.6 Å². The average Bonchev–Trinajstić information content (AvgIpc) is 2.20. The van der Waals surface area contributed by atoms with E-state index in [-0.39, 0.29) is 5.69 Å². The molecule has 9 heteroatoms. The summed E-state index contributed by atoms with van der Waals surface area (Å²) in [5.74, 6) is -2.13. The molecule has 1 heterocycles. The number of halogens is 3. The largest absolute Gasteiger partial charge is 0.573 e. The van der Waals surface area contributed by atoms with Gasteiger partial charge in [0.1, 0.15) is 11.6 Å². The molecule has 1 aromatic rings. The lowest BCUT2D eigenvalue weighted by Crippen LogP contribution is -2.19. The maximum absolute atomic E-state index is 12.0. The van der Waals surface area contributed by atoms with Crippen LogP contribution < -0.4 is 10.5 Å². The standard InChI is InChI=1S/C9H6F3N3O3/c10-9(11,12)18-6-3-15-5(1-7(16)17)4(2-13)8(6)14/h3H,1H2,(H2,14,15)(H,16,17). The van der Waals surface area contributed by atoms with Crippen molar-refractivity contribution in [1.29, 1.82) is 5.26 Å². The van der Waals surface area contributed by atoms with Gasteiger partial charge in [-0.2, -0.15) is 5.26 Å². The molecule has 0 aliphatic carbocycles. The van der Waals surface area contributed by atoms with E-state index in [1.54, 1.807) is 0 Å². The maximum atomic E-state index is 12.0. The van der Waals surface area contributed by atoms with E-state index in [0.29, 0.717) is 6.20 Å². The van der Waals surface area contributed by atoms with Crippen molar-refractivity contribution in [3.8, 4) is 11.8 Å². The minimum atomic E-state index is -4.98. The molecule has 0 aromatic carbocycles. The third-order valence-electron chi connectivity index (χ3n) is 1.82. The summed E-state index contributed by atoms with van der Waals surface area (Å²) in [7, 11) is 0. The van der Waals surface area contributed by atoms with E-state index in [1.807, 2.05) is 0 Å². The van der Waals surface area contributed by atoms with Crippen molar-refractivity contribution in [1.82, 2.24) is 4.98 Å². The Morgan fingerprint density at radius 2 is 2.22 bits per heavy atom. The van der Waals surface area contributed by atoms with Crippen LogP contribution in [0.4, 0.5) is 18.9 Å². The molecule has 0 aliphatic rings. The number of alkyl halides is 3. The van der Waals surface area contributed by atoms with Crippen LogP contribution in [0.2, 0.25) is 0 Å². The Morgan fingerprint density at radius 1 is 1.61 bits per heavy atom. The van der Waals surface area contributed by atoms with Crippen LogP contribution in [0, 0.1) is 11.3 Å². The third kappa shape index (κ3) is 3.24. The first-order valence-electron chi connectivity index (χ1n) is 4.39. The number of ether oxygens (including phenoxy) is 1. The van der Waals surface area contributed by atoms with Gasteiger partial charge >= 0.3 is 12.3 Å². The quantitative estimate of drug-likeness (QED) is 0.841. The smallest absolute Gasteiger partial charge is 0.481 e. The van der Waals surface area contributed by atoms with Crippen LogP contribution in [0.1, 0.15) is 11.3 Å². The fourth-order valence-electron chi connectivity index (χ4n) is 1.16. The summed E-state index contributed by atoms with van der Waals surface area (Å²) in [6.07, 6.45) is -4.97. The summed E-state index contributed by atoms with van der Waals surface area (Å²) < 4.78 is 39.5. The van der Waals surface area contributed by atoms with Crippen LogP contribution in [0.15, 0.2) is 6.20 Å². The Balaban J connectivity index is 3.21. The Hall–Kier alpha value is -2.50. The molecular formula is C9H6F3N3O3. The molecule has 18 heavy (non-hydrogen) atoms. The molecule has 96 valence electrons. The number of carbonyl (C=O) groups is 1. The van der Waals surface area contributed by atoms with Gasteiger partial charge in [0.25, 0.3) is 0 Å². The van der Waals surface area contributed by atoms with Gasteiger partial charge in [0.15, 0.2) is 5.75 Å². The Labute approximate surface area is 98.4 Å². The Morgan fingerprint density at radius 3 is 2.67 bits per heavy atom. The molecule has 0 spiro atoms. The van der Waals surface area contributed by atoms with Crippen molar-refractivity contribution in [2.45, 2.75) is 12.8 Å². The van der Waals surface area contributed by atoms with Crippen LogP contribution in [0.3, 0.4) is 0 Å². The zero-order valence-corrected chi connectivity index (χ0v) is 8.65. The molecule has 0 saturated heterocycles. The van der Waals surface area contributed by atoms with Crippen molar-refractivity contribution in [3.63, 3.8) is 0 Å². The highest BCUT2D eigenvalue weighted by Gasteiger charge is 2.33. The van der Waals surface area contributed by atoms with Gasteiger partial charge in [0.05, 0.1) is 24.0 Å². The zero-order chi connectivity index (χ0) is 13.9. The SMILES string of the molecule is N#Cc1c(CC(=O)O)ncc(OC(F)(F)F)c1N. The van der Waals surface area contributed by atoms with Gasteiger partial charge in [-0.1, -0.05) is 0 Å². The fourth-order valence-corrected chi connectivity index (χ4v) is 1.16. The van der Waals surface area contributed by atoms with Gasteiger partial charge in [-0.3, -0.25) is 9.78 Å². The number of carboxylic acid groups (broad SMARTS) is 1. The minimum absolute atomic E-state index is 0.225. The van der Waals surface area contributed by atoms with Gasteiger partial charge in [-0.15, -0.1) is 13.2 Å². The second-order valence-corrected chi connectivity index (χ2v) is 3.09. The number of carboxylic acids is 1. The first-order chi connectivity index (χ1) is 8.24. The number of nitriles is 1. The number of aliphatic carboxylic acids is 1. The zero-order valence-electron chi connectivity index (χ0n) is 8.65. The number of hydrogen-bond acceptors (Lipinski definition) is 5. The third-order valence-corrected chi connectivity index (χ3v) is 1.82. The van der Waals surface area contributed by atoms with E-state index in [2.05, 4.69) is 9.72 Å². The number of anilines is 1. The number of hydrogen-bond donors (Lipinski definition) is 2. The second-order valence-electron chi connectivity index (χ2n) is 3.09. The summed E-state index contributed by atoms with van der Waals surface area (Å²) in [4.78, 5) is 13.9. The first-order valence-corrected chi connectivity index (χ1v) is 4.39.